The molecule has 1 N–H and O–H groups in total. The molecule has 0 saturated heterocycles. The molecule has 0 aromatic heterocycles. The zero-order valence-corrected chi connectivity index (χ0v) is 13.7. The maximum absolute atomic E-state index is 11.6. The fraction of sp³-hybridized carbons (Fsp3) is 0.364. The van der Waals surface area contributed by atoms with Crippen LogP contribution in [0.1, 0.15) is 25.3 Å². The first-order valence-corrected chi connectivity index (χ1v) is 7.16. The number of alkyl halides is 3. The lowest BCUT2D eigenvalue weighted by Gasteiger charge is -2.13. The normalized spacial score (nSPS) is 11.6. The molecular formula is C11H12Br3NO. The van der Waals surface area contributed by atoms with Gasteiger partial charge in [-0.05, 0) is 71.4 Å². The number of rotatable bonds is 2. The first kappa shape index (κ1) is 14.2. The van der Waals surface area contributed by atoms with Gasteiger partial charge in [-0.25, -0.2) is 0 Å². The minimum Gasteiger partial charge on any atom is -0.323 e. The van der Waals surface area contributed by atoms with E-state index in [1.807, 2.05) is 24.3 Å². The van der Waals surface area contributed by atoms with E-state index in [0.29, 0.717) is 5.92 Å². The van der Waals surface area contributed by atoms with E-state index in [9.17, 15) is 4.79 Å². The lowest BCUT2D eigenvalue weighted by molar-refractivity contribution is -0.114. The fourth-order valence-electron chi connectivity index (χ4n) is 1.15. The van der Waals surface area contributed by atoms with Gasteiger partial charge in [-0.3, -0.25) is 4.79 Å². The molecule has 0 bridgehead atoms. The van der Waals surface area contributed by atoms with Crippen molar-refractivity contribution in [3.05, 3.63) is 29.8 Å². The van der Waals surface area contributed by atoms with Gasteiger partial charge in [0.2, 0.25) is 2.14 Å². The maximum Gasteiger partial charge on any atom is 0.263 e. The van der Waals surface area contributed by atoms with Crippen molar-refractivity contribution in [1.29, 1.82) is 0 Å². The van der Waals surface area contributed by atoms with E-state index in [-0.39, 0.29) is 5.91 Å². The monoisotopic (exact) mass is 411 g/mol. The third kappa shape index (κ3) is 4.18. The van der Waals surface area contributed by atoms with E-state index in [2.05, 4.69) is 67.0 Å². The van der Waals surface area contributed by atoms with Crippen molar-refractivity contribution in [2.24, 2.45) is 0 Å². The molecule has 0 radical (unpaired) electrons. The Morgan fingerprint density at radius 3 is 2.06 bits per heavy atom. The summed E-state index contributed by atoms with van der Waals surface area (Å²) >= 11 is 9.48. The topological polar surface area (TPSA) is 29.1 Å². The predicted octanol–water partition coefficient (Wildman–Crippen LogP) is 4.59. The number of hydrogen-bond acceptors (Lipinski definition) is 1. The quantitative estimate of drug-likeness (QED) is 0.706. The van der Waals surface area contributed by atoms with E-state index in [1.54, 1.807) is 0 Å². The van der Waals surface area contributed by atoms with Crippen LogP contribution in [0.15, 0.2) is 24.3 Å². The molecule has 0 saturated carbocycles. The van der Waals surface area contributed by atoms with Crippen LogP contribution in [-0.2, 0) is 4.79 Å². The van der Waals surface area contributed by atoms with E-state index in [4.69, 9.17) is 0 Å². The number of nitrogens with one attached hydrogen (secondary N) is 1. The summed E-state index contributed by atoms with van der Waals surface area (Å²) in [4.78, 5) is 11.6. The standard InChI is InChI=1S/C11H12Br3NO/c1-7(2)8-3-5-9(6-4-8)15-10(16)11(12,13)14/h3-7H,1-2H3,(H,15,16). The molecule has 0 heterocycles. The van der Waals surface area contributed by atoms with E-state index < -0.39 is 2.14 Å². The summed E-state index contributed by atoms with van der Waals surface area (Å²) in [7, 11) is 0. The first-order valence-electron chi connectivity index (χ1n) is 4.79. The van der Waals surface area contributed by atoms with Crippen LogP contribution in [-0.4, -0.2) is 8.05 Å². The third-order valence-electron chi connectivity index (χ3n) is 2.09. The van der Waals surface area contributed by atoms with Crippen LogP contribution >= 0.6 is 47.8 Å². The summed E-state index contributed by atoms with van der Waals surface area (Å²) < 4.78 is -0.913. The van der Waals surface area contributed by atoms with Gasteiger partial charge in [0.1, 0.15) is 0 Å². The highest BCUT2D eigenvalue weighted by molar-refractivity contribution is 9.40. The lowest BCUT2D eigenvalue weighted by Crippen LogP contribution is -2.25. The molecule has 0 aliphatic carbocycles. The Hall–Kier alpha value is 0.130. The Labute approximate surface area is 121 Å². The molecule has 5 heteroatoms. The van der Waals surface area contributed by atoms with Gasteiger partial charge in [0.05, 0.1) is 0 Å². The number of benzene rings is 1. The molecule has 0 unspecified atom stereocenters. The highest BCUT2D eigenvalue weighted by Crippen LogP contribution is 2.34. The largest absolute Gasteiger partial charge is 0.323 e. The predicted molar refractivity (Wildman–Crippen MR) is 78.7 cm³/mol. The Kier molecular flexibility index (Phi) is 5.01. The highest BCUT2D eigenvalue weighted by Gasteiger charge is 2.28. The zero-order valence-electron chi connectivity index (χ0n) is 8.93. The van der Waals surface area contributed by atoms with Crippen molar-refractivity contribution in [2.45, 2.75) is 21.9 Å². The molecule has 0 spiro atoms. The van der Waals surface area contributed by atoms with Gasteiger partial charge in [0.25, 0.3) is 5.91 Å². The van der Waals surface area contributed by atoms with Crippen molar-refractivity contribution in [1.82, 2.24) is 0 Å². The van der Waals surface area contributed by atoms with Crippen molar-refractivity contribution in [3.63, 3.8) is 0 Å². The molecule has 0 aliphatic heterocycles. The fourth-order valence-corrected chi connectivity index (χ4v) is 1.45. The third-order valence-corrected chi connectivity index (χ3v) is 3.17. The molecule has 2 nitrogen and oxygen atoms in total. The zero-order chi connectivity index (χ0) is 12.3. The minimum atomic E-state index is -0.913. The van der Waals surface area contributed by atoms with Gasteiger partial charge in [-0.1, -0.05) is 26.0 Å². The van der Waals surface area contributed by atoms with Gasteiger partial charge >= 0.3 is 0 Å². The smallest absolute Gasteiger partial charge is 0.263 e. The molecule has 0 aliphatic rings. The molecular weight excluding hydrogens is 402 g/mol. The van der Waals surface area contributed by atoms with Crippen LogP contribution in [0.5, 0.6) is 0 Å². The second-order valence-corrected chi connectivity index (χ2v) is 10.5. The summed E-state index contributed by atoms with van der Waals surface area (Å²) in [5.41, 5.74) is 2.03. The van der Waals surface area contributed by atoms with Crippen molar-refractivity contribution < 1.29 is 4.79 Å². The second-order valence-electron chi connectivity index (χ2n) is 3.73. The average Bonchev–Trinajstić information content (AvgIpc) is 2.17. The second kappa shape index (κ2) is 5.65. The van der Waals surface area contributed by atoms with E-state index >= 15 is 0 Å². The van der Waals surface area contributed by atoms with Crippen LogP contribution in [0.3, 0.4) is 0 Å². The molecule has 1 aromatic carbocycles. The summed E-state index contributed by atoms with van der Waals surface area (Å²) in [5, 5.41) is 2.77. The van der Waals surface area contributed by atoms with Crippen LogP contribution in [0.4, 0.5) is 5.69 Å². The van der Waals surface area contributed by atoms with Gasteiger partial charge < -0.3 is 5.32 Å². The van der Waals surface area contributed by atoms with Gasteiger partial charge in [-0.2, -0.15) is 0 Å². The molecule has 0 atom stereocenters. The number of halogens is 3. The van der Waals surface area contributed by atoms with E-state index in [1.165, 1.54) is 5.56 Å². The molecule has 88 valence electrons. The molecule has 0 fully saturated rings. The number of carbonyl (C=O) groups excluding carboxylic acids is 1. The minimum absolute atomic E-state index is 0.204. The number of anilines is 1. The van der Waals surface area contributed by atoms with Crippen molar-refractivity contribution >= 4 is 59.4 Å². The molecule has 1 amide bonds. The van der Waals surface area contributed by atoms with Crippen molar-refractivity contribution in [2.75, 3.05) is 5.32 Å². The van der Waals surface area contributed by atoms with Crippen molar-refractivity contribution in [3.8, 4) is 0 Å². The maximum atomic E-state index is 11.6. The van der Waals surface area contributed by atoms with Crippen LogP contribution in [0.2, 0.25) is 0 Å². The van der Waals surface area contributed by atoms with Crippen LogP contribution in [0.25, 0.3) is 0 Å². The Morgan fingerprint density at radius 2 is 1.69 bits per heavy atom. The summed E-state index contributed by atoms with van der Waals surface area (Å²) in [5.74, 6) is 0.289. The van der Waals surface area contributed by atoms with E-state index in [0.717, 1.165) is 5.69 Å². The lowest BCUT2D eigenvalue weighted by atomic mass is 10.0. The first-order chi connectivity index (χ1) is 7.30. The molecule has 16 heavy (non-hydrogen) atoms. The van der Waals surface area contributed by atoms with Crippen LogP contribution < -0.4 is 5.32 Å². The van der Waals surface area contributed by atoms with Gasteiger partial charge in [0, 0.05) is 5.69 Å². The molecule has 1 rings (SSSR count). The average molecular weight is 414 g/mol. The Bertz CT molecular complexity index is 368. The number of amides is 1. The number of hydrogen-bond donors (Lipinski definition) is 1. The highest BCUT2D eigenvalue weighted by atomic mass is 80.0. The molecule has 1 aromatic rings. The number of carbonyl (C=O) groups is 1. The summed E-state index contributed by atoms with van der Waals surface area (Å²) in [6.07, 6.45) is 0. The van der Waals surface area contributed by atoms with Crippen LogP contribution in [0, 0.1) is 0 Å². The summed E-state index contributed by atoms with van der Waals surface area (Å²) in [6.45, 7) is 4.27. The SMILES string of the molecule is CC(C)c1ccc(NC(=O)C(Br)(Br)Br)cc1. The van der Waals surface area contributed by atoms with Gasteiger partial charge in [0.15, 0.2) is 0 Å². The Balaban J connectivity index is 2.73. The Morgan fingerprint density at radius 1 is 1.19 bits per heavy atom. The van der Waals surface area contributed by atoms with Gasteiger partial charge in [-0.15, -0.1) is 0 Å². The summed E-state index contributed by atoms with van der Waals surface area (Å²) in [6, 6.07) is 7.81.